The largest absolute Gasteiger partial charge is 0.480 e. The normalized spacial score (nSPS) is 15.4. The van der Waals surface area contributed by atoms with Gasteiger partial charge in [0.2, 0.25) is 0 Å². The van der Waals surface area contributed by atoms with Gasteiger partial charge in [-0.2, -0.15) is 0 Å². The number of carboxylic acid groups (broad SMARTS) is 1. The fourth-order valence-corrected chi connectivity index (χ4v) is 15.0. The number of halogens is 1. The summed E-state index contributed by atoms with van der Waals surface area (Å²) in [4.78, 5) is 14.5. The van der Waals surface area contributed by atoms with E-state index in [0.29, 0.717) is 56.3 Å². The smallest absolute Gasteiger partial charge is 0.320 e. The van der Waals surface area contributed by atoms with Crippen LogP contribution in [0.25, 0.3) is 0 Å². The van der Waals surface area contributed by atoms with Gasteiger partial charge in [0.25, 0.3) is 0 Å². The average Bonchev–Trinajstić information content (AvgIpc) is 1.65. The van der Waals surface area contributed by atoms with Gasteiger partial charge in [-0.25, -0.2) is 9.37 Å². The molecule has 0 amide bonds. The van der Waals surface area contributed by atoms with E-state index in [1.807, 2.05) is 40.1 Å². The molecule has 2 aliphatic heterocycles. The summed E-state index contributed by atoms with van der Waals surface area (Å²) >= 11 is 1.63. The van der Waals surface area contributed by atoms with Gasteiger partial charge in [-0.05, 0) is 271 Å². The van der Waals surface area contributed by atoms with Crippen LogP contribution in [0, 0.1) is 76.7 Å². The Hall–Kier alpha value is -2.27. The number of hydrogen-bond donors (Lipinski definition) is 12. The van der Waals surface area contributed by atoms with Crippen molar-refractivity contribution in [2.75, 3.05) is 53.1 Å². The Kier molecular flexibility index (Phi) is 111. The Morgan fingerprint density at radius 1 is 0.522 bits per heavy atom. The highest BCUT2D eigenvalue weighted by atomic mass is 32.1. The first-order chi connectivity index (χ1) is 55.4. The van der Waals surface area contributed by atoms with Crippen molar-refractivity contribution in [3.63, 3.8) is 0 Å². The van der Waals surface area contributed by atoms with Gasteiger partial charge in [-0.1, -0.05) is 375 Å². The summed E-state index contributed by atoms with van der Waals surface area (Å²) in [6.45, 7) is 97.8. The number of rotatable bonds is 24. The van der Waals surface area contributed by atoms with Crippen LogP contribution in [0.5, 0.6) is 0 Å². The molecule has 21 N–H and O–H groups in total. The molecule has 3 heterocycles. The number of nitrogens with two attached hydrogens (primary N) is 9. The SMILES string of the molecule is C.C.C.C.C.C.C.C.C.C.CC.CC(C)(C)CC(C)(C)N.CC(C)(C)CC(N)C(=O)O.CC(C)(C)CC1(N)CCOCC1.CC(C)(C)CCCCN.CC(C)(C)CCCN.CC(C)(C)C[C@@H](N)C(C)(C)O.CC(C)(C)C[C@@H](N)Cc1ccc(F)cc1.CC(C)(C)C[C@@H](N)Cc1cscn1.CCC1(CC(C)(C)C)CC1.CCCCC(C)(C)C.COC[C@H](N)CC(C)(C)C.C[C@@H]1CCCNC1. The number of aliphatic hydroxyl groups is 1. The number of thiazole rings is 1. The molecule has 0 radical (unpaired) electrons. The van der Waals surface area contributed by atoms with Crippen molar-refractivity contribution in [1.29, 1.82) is 0 Å². The van der Waals surface area contributed by atoms with Crippen molar-refractivity contribution in [1.82, 2.24) is 10.3 Å². The third-order valence-electron chi connectivity index (χ3n) is 19.6. The molecular formula is C116H266FN11O5S. The number of ether oxygens (including phenoxy) is 2. The second-order valence-electron chi connectivity index (χ2n) is 51.2. The average molecular weight is 1950 g/mol. The fraction of sp³-hybridized carbons (Fsp3) is 0.914. The topological polar surface area (TPSA) is 335 Å². The number of nitrogens with zero attached hydrogens (tertiary/aromatic N) is 1. The molecule has 1 unspecified atom stereocenters. The standard InChI is InChI=1S/C13H20FN.C10H18N2S.C10H21NO.C10H20.C9H21NO.C8H19NO.2C8H19N.C8H18.C7H15NO2.C7H17N.C6H13N.C2H6.10CH4/c1-13(2,3)9-12(15)8-10-4-6-11(14)7-5-10;1-10(2,3)5-8(11)4-9-6-13-7-12-9;1-9(2,3)8-10(11)4-6-12-7-5-10;1-5-10(6-7-10)8-9(2,3)4;1-8(2,3)6-7(10)9(4,5)11;1-8(2,3)5-7(9)6-10-4;1-7(2,3)6-8(4,5)9;1-8(2,3)6-4-5-7-9;1-5-6-7-8(2,3)4;1-7(2,3)4-5(8)6(9)10;1-7(2,3)5-4-6-8;1-6-3-2-4-7-5-6;1-2;;;;;;;;;;/h4-7,12H,8-9,15H2,1-3H3;6-8H,4-5,11H2,1-3H3;4-8,11H2,1-3H3;5-8H2,1-4H3;7,11H,6,10H2,1-5H3;7H,5-6,9H2,1-4H3;6,9H2,1-5H3;4-7,9H2,1-3H3;5-7H2,1-4H3;5H,4,8H2,1-3H3,(H,9,10);4-6,8H2,1-3H3;6-7H,2-5H2,1H3;1-2H3;10*1H4/t12-;8-;;;2*7-;;;;;;6-;;;;;;;;;;;/m00..11.....1.........../s1. The summed E-state index contributed by atoms with van der Waals surface area (Å²) in [6.07, 6.45) is 29.1. The lowest BCUT2D eigenvalue weighted by molar-refractivity contribution is -0.139. The first-order valence-corrected chi connectivity index (χ1v) is 49.5. The molecule has 3 aliphatic rings. The van der Waals surface area contributed by atoms with E-state index < -0.39 is 17.6 Å². The van der Waals surface area contributed by atoms with E-state index in [-0.39, 0.29) is 132 Å². The van der Waals surface area contributed by atoms with Gasteiger partial charge >= 0.3 is 5.97 Å². The van der Waals surface area contributed by atoms with Crippen molar-refractivity contribution in [2.45, 2.75) is 572 Å². The molecule has 0 bridgehead atoms. The maximum Gasteiger partial charge on any atom is 0.320 e. The van der Waals surface area contributed by atoms with Crippen molar-refractivity contribution in [2.24, 2.45) is 123 Å². The van der Waals surface area contributed by atoms with Crippen LogP contribution in [0.2, 0.25) is 0 Å². The molecule has 1 aromatic carbocycles. The molecular weight excluding hydrogens is 1680 g/mol. The Morgan fingerprint density at radius 2 is 0.896 bits per heavy atom. The van der Waals surface area contributed by atoms with Crippen LogP contribution in [0.15, 0.2) is 35.2 Å². The lowest BCUT2D eigenvalue weighted by Gasteiger charge is -2.38. The van der Waals surface area contributed by atoms with Gasteiger partial charge in [0.15, 0.2) is 0 Å². The highest BCUT2D eigenvalue weighted by Gasteiger charge is 2.43. The van der Waals surface area contributed by atoms with Gasteiger partial charge in [0, 0.05) is 67.4 Å². The Labute approximate surface area is 851 Å². The van der Waals surface area contributed by atoms with Crippen molar-refractivity contribution in [3.05, 3.63) is 52.2 Å². The minimum absolute atomic E-state index is 0. The van der Waals surface area contributed by atoms with Gasteiger partial charge in [-0.3, -0.25) is 4.79 Å². The zero-order valence-electron chi connectivity index (χ0n) is 91.1. The molecule has 134 heavy (non-hydrogen) atoms. The molecule has 6 atom stereocenters. The number of aliphatic carboxylic acids is 1. The highest BCUT2D eigenvalue weighted by Crippen LogP contribution is 2.55. The predicted octanol–water partition coefficient (Wildman–Crippen LogP) is 32.6. The molecule has 1 aliphatic carbocycles. The summed E-state index contributed by atoms with van der Waals surface area (Å²) < 4.78 is 22.9. The highest BCUT2D eigenvalue weighted by molar-refractivity contribution is 7.07. The third-order valence-corrected chi connectivity index (χ3v) is 20.2. The van der Waals surface area contributed by atoms with E-state index in [0.717, 1.165) is 120 Å². The summed E-state index contributed by atoms with van der Waals surface area (Å²) in [5, 5.41) is 23.4. The third kappa shape index (κ3) is 147. The maximum absolute atomic E-state index is 12.7. The predicted molar refractivity (Wildman–Crippen MR) is 620 cm³/mol. The van der Waals surface area contributed by atoms with E-state index in [1.54, 1.807) is 44.4 Å². The number of nitrogens with one attached hydrogen (secondary N) is 1. The lowest BCUT2D eigenvalue weighted by atomic mass is 9.76. The maximum atomic E-state index is 12.7. The van der Waals surface area contributed by atoms with E-state index >= 15 is 0 Å². The number of carboxylic acids is 1. The molecule has 0 spiro atoms. The number of carbonyl (C=O) groups is 1. The van der Waals surface area contributed by atoms with Crippen LogP contribution in [-0.4, -0.2) is 121 Å². The number of unbranched alkanes of at least 4 members (excludes halogenated alkanes) is 2. The number of benzene rings is 1. The molecule has 2 saturated heterocycles. The van der Waals surface area contributed by atoms with E-state index in [9.17, 15) is 14.3 Å². The van der Waals surface area contributed by atoms with Crippen LogP contribution in [0.1, 0.15) is 524 Å². The minimum Gasteiger partial charge on any atom is -0.480 e. The number of hydrogen-bond acceptors (Lipinski definition) is 16. The molecule has 1 saturated carbocycles. The monoisotopic (exact) mass is 1950 g/mol. The van der Waals surface area contributed by atoms with Gasteiger partial charge in [0.1, 0.15) is 11.9 Å². The zero-order valence-corrected chi connectivity index (χ0v) is 91.9. The second kappa shape index (κ2) is 85.2. The Balaban J connectivity index is -0.0000000682. The van der Waals surface area contributed by atoms with Gasteiger partial charge in [-0.15, -0.1) is 11.3 Å². The minimum atomic E-state index is -0.921. The van der Waals surface area contributed by atoms with E-state index in [1.165, 1.54) is 109 Å². The molecule has 828 valence electrons. The molecule has 18 heteroatoms. The lowest BCUT2D eigenvalue weighted by Crippen LogP contribution is -2.47. The van der Waals surface area contributed by atoms with Crippen molar-refractivity contribution in [3.8, 4) is 0 Å². The molecule has 1 aromatic heterocycles. The molecule has 5 rings (SSSR count). The summed E-state index contributed by atoms with van der Waals surface area (Å²) in [5.74, 6) is -0.188. The summed E-state index contributed by atoms with van der Waals surface area (Å²) in [5.41, 5.74) is 59.6. The van der Waals surface area contributed by atoms with Crippen LogP contribution < -0.4 is 56.9 Å². The van der Waals surface area contributed by atoms with Crippen LogP contribution in [0.4, 0.5) is 4.39 Å². The van der Waals surface area contributed by atoms with Crippen molar-refractivity contribution >= 4 is 17.3 Å². The number of aromatic nitrogens is 1. The molecule has 3 fully saturated rings. The Bertz CT molecular complexity index is 2690. The van der Waals surface area contributed by atoms with Crippen LogP contribution in [-0.2, 0) is 27.1 Å². The number of methoxy groups -OCH3 is 1. The second-order valence-corrected chi connectivity index (χ2v) is 51.9. The fourth-order valence-electron chi connectivity index (χ4n) is 14.5. The quantitative estimate of drug-likeness (QED) is 0.0435. The summed E-state index contributed by atoms with van der Waals surface area (Å²) in [7, 11) is 1.68. The Morgan fingerprint density at radius 3 is 1.12 bits per heavy atom. The van der Waals surface area contributed by atoms with E-state index in [4.69, 9.17) is 66.2 Å². The zero-order chi connectivity index (χ0) is 99.7. The molecule has 16 nitrogen and oxygen atoms in total. The van der Waals surface area contributed by atoms with Crippen LogP contribution in [0.3, 0.4) is 0 Å². The molecule has 2 aromatic rings. The van der Waals surface area contributed by atoms with Gasteiger partial charge in [0.05, 0.1) is 23.4 Å². The van der Waals surface area contributed by atoms with Crippen molar-refractivity contribution < 1.29 is 28.9 Å². The number of piperidine rings is 1. The summed E-state index contributed by atoms with van der Waals surface area (Å²) in [6, 6.07) is 6.29. The first-order valence-electron chi connectivity index (χ1n) is 48.5. The first kappa shape index (κ1) is 174. The van der Waals surface area contributed by atoms with E-state index in [2.05, 4.69) is 258 Å². The van der Waals surface area contributed by atoms with Gasteiger partial charge < -0.3 is 76.6 Å². The van der Waals surface area contributed by atoms with Crippen LogP contribution >= 0.6 is 11.3 Å².